The van der Waals surface area contributed by atoms with Crippen LogP contribution in [0.15, 0.2) is 0 Å². The van der Waals surface area contributed by atoms with E-state index in [1.165, 1.54) is 17.9 Å². The van der Waals surface area contributed by atoms with Crippen LogP contribution in [0.5, 0.6) is 0 Å². The number of nitrogens with one attached hydrogen (secondary N) is 2. The van der Waals surface area contributed by atoms with Gasteiger partial charge < -0.3 is 10.6 Å². The molecule has 0 aliphatic carbocycles. The molecule has 2 fully saturated rings. The molecule has 1 amide bonds. The van der Waals surface area contributed by atoms with Crippen LogP contribution in [0.3, 0.4) is 0 Å². The average Bonchev–Trinajstić information content (AvgIpc) is 2.83. The number of piperazine rings is 1. The SMILES string of the molecule is CCNC(=O)C1CNCCN1CC1CCSC1. The molecule has 5 heteroatoms. The van der Waals surface area contributed by atoms with Crippen LogP contribution in [0, 0.1) is 5.92 Å². The number of likely N-dealkylation sites (N-methyl/N-ethyl adjacent to an activating group) is 1. The molecule has 2 atom stereocenters. The summed E-state index contributed by atoms with van der Waals surface area (Å²) in [4.78, 5) is 14.4. The maximum absolute atomic E-state index is 12.0. The minimum atomic E-state index is 0.0364. The molecule has 0 saturated carbocycles. The van der Waals surface area contributed by atoms with Crippen molar-refractivity contribution in [3.8, 4) is 0 Å². The van der Waals surface area contributed by atoms with Crippen LogP contribution in [0.25, 0.3) is 0 Å². The highest BCUT2D eigenvalue weighted by Gasteiger charge is 2.30. The molecule has 0 aromatic carbocycles. The summed E-state index contributed by atoms with van der Waals surface area (Å²) in [6.45, 7) is 6.61. The van der Waals surface area contributed by atoms with Gasteiger partial charge in [0.25, 0.3) is 0 Å². The Labute approximate surface area is 108 Å². The zero-order valence-corrected chi connectivity index (χ0v) is 11.4. The molecule has 0 bridgehead atoms. The van der Waals surface area contributed by atoms with Crippen molar-refractivity contribution in [2.24, 2.45) is 5.92 Å². The molecule has 17 heavy (non-hydrogen) atoms. The predicted octanol–water partition coefficient (Wildman–Crippen LogP) is 0.149. The third kappa shape index (κ3) is 3.60. The maximum atomic E-state index is 12.0. The Balaban J connectivity index is 1.89. The lowest BCUT2D eigenvalue weighted by molar-refractivity contribution is -0.127. The third-order valence-corrected chi connectivity index (χ3v) is 4.76. The van der Waals surface area contributed by atoms with E-state index in [1.807, 2.05) is 18.7 Å². The molecular weight excluding hydrogens is 234 g/mol. The lowest BCUT2D eigenvalue weighted by Crippen LogP contribution is -2.58. The highest BCUT2D eigenvalue weighted by molar-refractivity contribution is 7.99. The third-order valence-electron chi connectivity index (χ3n) is 3.52. The largest absolute Gasteiger partial charge is 0.355 e. The number of hydrogen-bond donors (Lipinski definition) is 2. The van der Waals surface area contributed by atoms with E-state index in [1.54, 1.807) is 0 Å². The number of amides is 1. The lowest BCUT2D eigenvalue weighted by Gasteiger charge is -2.36. The first-order chi connectivity index (χ1) is 8.31. The number of thioether (sulfide) groups is 1. The van der Waals surface area contributed by atoms with Gasteiger partial charge in [-0.05, 0) is 30.8 Å². The van der Waals surface area contributed by atoms with Gasteiger partial charge >= 0.3 is 0 Å². The number of carbonyl (C=O) groups excluding carboxylic acids is 1. The van der Waals surface area contributed by atoms with E-state index in [-0.39, 0.29) is 11.9 Å². The lowest BCUT2D eigenvalue weighted by atomic mass is 10.1. The summed E-state index contributed by atoms with van der Waals surface area (Å²) in [5.41, 5.74) is 0. The summed E-state index contributed by atoms with van der Waals surface area (Å²) < 4.78 is 0. The number of carbonyl (C=O) groups is 1. The summed E-state index contributed by atoms with van der Waals surface area (Å²) in [6.07, 6.45) is 1.32. The Bertz CT molecular complexity index is 256. The van der Waals surface area contributed by atoms with Crippen LogP contribution in [0.1, 0.15) is 13.3 Å². The highest BCUT2D eigenvalue weighted by atomic mass is 32.2. The Kier molecular flexibility index (Phi) is 5.13. The van der Waals surface area contributed by atoms with Gasteiger partial charge in [-0.1, -0.05) is 0 Å². The van der Waals surface area contributed by atoms with Crippen LogP contribution >= 0.6 is 11.8 Å². The molecule has 2 unspecified atom stereocenters. The molecule has 2 rings (SSSR count). The minimum Gasteiger partial charge on any atom is -0.355 e. The summed E-state index contributed by atoms with van der Waals surface area (Å²) >= 11 is 2.05. The maximum Gasteiger partial charge on any atom is 0.238 e. The monoisotopic (exact) mass is 257 g/mol. The number of nitrogens with zero attached hydrogens (tertiary/aromatic N) is 1. The molecule has 2 heterocycles. The van der Waals surface area contributed by atoms with Crippen LogP contribution in [0.4, 0.5) is 0 Å². The van der Waals surface area contributed by atoms with E-state index in [4.69, 9.17) is 0 Å². The van der Waals surface area contributed by atoms with Crippen molar-refractivity contribution in [3.05, 3.63) is 0 Å². The Hall–Kier alpha value is -0.260. The molecule has 4 nitrogen and oxygen atoms in total. The van der Waals surface area contributed by atoms with Gasteiger partial charge in [0.2, 0.25) is 5.91 Å². The van der Waals surface area contributed by atoms with E-state index in [0.29, 0.717) is 0 Å². The van der Waals surface area contributed by atoms with E-state index >= 15 is 0 Å². The van der Waals surface area contributed by atoms with Gasteiger partial charge in [0, 0.05) is 32.7 Å². The fraction of sp³-hybridized carbons (Fsp3) is 0.917. The van der Waals surface area contributed by atoms with E-state index in [0.717, 1.165) is 38.6 Å². The summed E-state index contributed by atoms with van der Waals surface area (Å²) in [7, 11) is 0. The average molecular weight is 257 g/mol. The van der Waals surface area contributed by atoms with Crippen molar-refractivity contribution in [2.45, 2.75) is 19.4 Å². The molecule has 2 aliphatic rings. The molecule has 2 N–H and O–H groups in total. The van der Waals surface area contributed by atoms with Gasteiger partial charge in [0.05, 0.1) is 0 Å². The van der Waals surface area contributed by atoms with Gasteiger partial charge in [0.1, 0.15) is 6.04 Å². The van der Waals surface area contributed by atoms with E-state index in [2.05, 4.69) is 15.5 Å². The second-order valence-corrected chi connectivity index (χ2v) is 5.99. The molecule has 98 valence electrons. The van der Waals surface area contributed by atoms with Gasteiger partial charge in [-0.25, -0.2) is 0 Å². The number of rotatable bonds is 4. The summed E-state index contributed by atoms with van der Waals surface area (Å²) in [6, 6.07) is 0.0364. The Morgan fingerprint density at radius 3 is 3.18 bits per heavy atom. The first kappa shape index (κ1) is 13.2. The molecular formula is C12H23N3OS. The second kappa shape index (κ2) is 6.61. The molecule has 2 aliphatic heterocycles. The van der Waals surface area contributed by atoms with Crippen molar-refractivity contribution < 1.29 is 4.79 Å². The smallest absolute Gasteiger partial charge is 0.238 e. The van der Waals surface area contributed by atoms with E-state index in [9.17, 15) is 4.79 Å². The van der Waals surface area contributed by atoms with Crippen molar-refractivity contribution in [1.29, 1.82) is 0 Å². The van der Waals surface area contributed by atoms with Crippen LogP contribution in [-0.4, -0.2) is 61.1 Å². The van der Waals surface area contributed by atoms with Crippen LogP contribution in [-0.2, 0) is 4.79 Å². The second-order valence-electron chi connectivity index (χ2n) is 4.84. The summed E-state index contributed by atoms with van der Waals surface area (Å²) in [5, 5.41) is 6.27. The molecule has 0 aromatic heterocycles. The van der Waals surface area contributed by atoms with Crippen molar-refractivity contribution >= 4 is 17.7 Å². The highest BCUT2D eigenvalue weighted by Crippen LogP contribution is 2.25. The van der Waals surface area contributed by atoms with Crippen molar-refractivity contribution in [1.82, 2.24) is 15.5 Å². The fourth-order valence-electron chi connectivity index (χ4n) is 2.57. The first-order valence-corrected chi connectivity index (χ1v) is 7.77. The standard InChI is InChI=1S/C12H23N3OS/c1-2-14-12(16)11-7-13-4-5-15(11)8-10-3-6-17-9-10/h10-11,13H,2-9H2,1H3,(H,14,16). The quantitative estimate of drug-likeness (QED) is 0.752. The molecule has 2 saturated heterocycles. The van der Waals surface area contributed by atoms with Gasteiger partial charge in [0.15, 0.2) is 0 Å². The van der Waals surface area contributed by atoms with Gasteiger partial charge in [-0.3, -0.25) is 9.69 Å². The molecule has 0 spiro atoms. The fourth-order valence-corrected chi connectivity index (χ4v) is 3.85. The Morgan fingerprint density at radius 1 is 1.59 bits per heavy atom. The minimum absolute atomic E-state index is 0.0364. The normalized spacial score (nSPS) is 30.4. The van der Waals surface area contributed by atoms with Crippen molar-refractivity contribution in [3.63, 3.8) is 0 Å². The van der Waals surface area contributed by atoms with Crippen molar-refractivity contribution in [2.75, 3.05) is 44.2 Å². The molecule has 0 radical (unpaired) electrons. The zero-order valence-electron chi connectivity index (χ0n) is 10.6. The number of hydrogen-bond acceptors (Lipinski definition) is 4. The Morgan fingerprint density at radius 2 is 2.47 bits per heavy atom. The van der Waals surface area contributed by atoms with Gasteiger partial charge in [-0.2, -0.15) is 11.8 Å². The first-order valence-electron chi connectivity index (χ1n) is 6.61. The van der Waals surface area contributed by atoms with Gasteiger partial charge in [-0.15, -0.1) is 0 Å². The topological polar surface area (TPSA) is 44.4 Å². The van der Waals surface area contributed by atoms with E-state index < -0.39 is 0 Å². The van der Waals surface area contributed by atoms with Crippen LogP contribution in [0.2, 0.25) is 0 Å². The molecule has 0 aromatic rings. The zero-order chi connectivity index (χ0) is 12.1. The summed E-state index contributed by atoms with van der Waals surface area (Å²) in [5.74, 6) is 3.54. The van der Waals surface area contributed by atoms with Crippen LogP contribution < -0.4 is 10.6 Å². The predicted molar refractivity (Wildman–Crippen MR) is 72.3 cm³/mol.